The SMILES string of the molecule is O=C(C[C@H]1NC(=O)c2ccccc2NC1=O)NC1Cc2ccccc2C1. The van der Waals surface area contributed by atoms with Crippen molar-refractivity contribution in [3.8, 4) is 0 Å². The molecule has 6 heteroatoms. The summed E-state index contributed by atoms with van der Waals surface area (Å²) in [5, 5.41) is 8.34. The summed E-state index contributed by atoms with van der Waals surface area (Å²) < 4.78 is 0. The molecule has 26 heavy (non-hydrogen) atoms. The third-order valence-corrected chi connectivity index (χ3v) is 4.86. The first kappa shape index (κ1) is 16.3. The predicted molar refractivity (Wildman–Crippen MR) is 96.7 cm³/mol. The van der Waals surface area contributed by atoms with Crippen LogP contribution in [0.15, 0.2) is 48.5 Å². The van der Waals surface area contributed by atoms with E-state index in [0.717, 1.165) is 12.8 Å². The van der Waals surface area contributed by atoms with Crippen LogP contribution in [-0.2, 0) is 22.4 Å². The lowest BCUT2D eigenvalue weighted by molar-refractivity contribution is -0.126. The quantitative estimate of drug-likeness (QED) is 0.783. The van der Waals surface area contributed by atoms with Gasteiger partial charge in [-0.05, 0) is 36.1 Å². The number of rotatable bonds is 3. The number of benzene rings is 2. The van der Waals surface area contributed by atoms with Crippen molar-refractivity contribution >= 4 is 23.4 Å². The Hall–Kier alpha value is -3.15. The smallest absolute Gasteiger partial charge is 0.254 e. The molecular formula is C20H19N3O3. The van der Waals surface area contributed by atoms with E-state index in [-0.39, 0.29) is 30.2 Å². The highest BCUT2D eigenvalue weighted by molar-refractivity contribution is 6.10. The van der Waals surface area contributed by atoms with E-state index < -0.39 is 6.04 Å². The molecule has 1 aliphatic carbocycles. The molecule has 1 aliphatic heterocycles. The average Bonchev–Trinajstić information content (AvgIpc) is 2.98. The van der Waals surface area contributed by atoms with E-state index in [0.29, 0.717) is 11.3 Å². The number of carbonyl (C=O) groups excluding carboxylic acids is 3. The van der Waals surface area contributed by atoms with Gasteiger partial charge in [0.1, 0.15) is 6.04 Å². The molecule has 0 saturated heterocycles. The zero-order chi connectivity index (χ0) is 18.1. The molecular weight excluding hydrogens is 330 g/mol. The molecule has 2 aromatic carbocycles. The van der Waals surface area contributed by atoms with Gasteiger partial charge in [0.05, 0.1) is 17.7 Å². The summed E-state index contributed by atoms with van der Waals surface area (Å²) >= 11 is 0. The minimum atomic E-state index is -0.890. The van der Waals surface area contributed by atoms with Gasteiger partial charge in [-0.2, -0.15) is 0 Å². The van der Waals surface area contributed by atoms with E-state index in [4.69, 9.17) is 0 Å². The van der Waals surface area contributed by atoms with Gasteiger partial charge in [-0.1, -0.05) is 36.4 Å². The van der Waals surface area contributed by atoms with Crippen LogP contribution in [0.3, 0.4) is 0 Å². The van der Waals surface area contributed by atoms with Crippen molar-refractivity contribution < 1.29 is 14.4 Å². The molecule has 0 bridgehead atoms. The Morgan fingerprint density at radius 1 is 1.00 bits per heavy atom. The van der Waals surface area contributed by atoms with E-state index in [9.17, 15) is 14.4 Å². The summed E-state index contributed by atoms with van der Waals surface area (Å²) in [6.07, 6.45) is 1.49. The number of hydrogen-bond acceptors (Lipinski definition) is 3. The van der Waals surface area contributed by atoms with Crippen LogP contribution in [0.1, 0.15) is 27.9 Å². The van der Waals surface area contributed by atoms with Crippen molar-refractivity contribution in [2.24, 2.45) is 0 Å². The topological polar surface area (TPSA) is 87.3 Å². The Morgan fingerprint density at radius 2 is 1.65 bits per heavy atom. The Morgan fingerprint density at radius 3 is 2.38 bits per heavy atom. The Bertz CT molecular complexity index is 868. The fraction of sp³-hybridized carbons (Fsp3) is 0.250. The standard InChI is InChI=1S/C20H19N3O3/c24-18(21-14-9-12-5-1-2-6-13(12)10-14)11-17-20(26)22-16-8-4-3-7-15(16)19(25)23-17/h1-8,14,17H,9-11H2,(H,21,24)(H,22,26)(H,23,25)/t17-/m1/s1. The second-order valence-corrected chi connectivity index (χ2v) is 6.71. The maximum atomic E-state index is 12.4. The van der Waals surface area contributed by atoms with Gasteiger partial charge in [0, 0.05) is 6.04 Å². The lowest BCUT2D eigenvalue weighted by Crippen LogP contribution is -2.46. The van der Waals surface area contributed by atoms with Crippen LogP contribution in [0.4, 0.5) is 5.69 Å². The van der Waals surface area contributed by atoms with Crippen LogP contribution >= 0.6 is 0 Å². The zero-order valence-corrected chi connectivity index (χ0v) is 14.1. The van der Waals surface area contributed by atoms with Crippen molar-refractivity contribution in [3.63, 3.8) is 0 Å². The second-order valence-electron chi connectivity index (χ2n) is 6.71. The summed E-state index contributed by atoms with van der Waals surface area (Å²) in [5.74, 6) is -0.979. The van der Waals surface area contributed by atoms with E-state index in [2.05, 4.69) is 28.1 Å². The van der Waals surface area contributed by atoms with Gasteiger partial charge in [0.2, 0.25) is 11.8 Å². The molecule has 132 valence electrons. The van der Waals surface area contributed by atoms with E-state index in [1.54, 1.807) is 24.3 Å². The van der Waals surface area contributed by atoms with Gasteiger partial charge in [-0.3, -0.25) is 14.4 Å². The molecule has 1 atom stereocenters. The largest absolute Gasteiger partial charge is 0.353 e. The fourth-order valence-corrected chi connectivity index (χ4v) is 3.59. The van der Waals surface area contributed by atoms with Crippen molar-refractivity contribution in [1.82, 2.24) is 10.6 Å². The first-order valence-electron chi connectivity index (χ1n) is 8.67. The molecule has 0 radical (unpaired) electrons. The highest BCUT2D eigenvalue weighted by atomic mass is 16.2. The van der Waals surface area contributed by atoms with Gasteiger partial charge in [-0.15, -0.1) is 0 Å². The summed E-state index contributed by atoms with van der Waals surface area (Å²) in [4.78, 5) is 37.1. The van der Waals surface area contributed by atoms with Crippen LogP contribution in [-0.4, -0.2) is 29.8 Å². The van der Waals surface area contributed by atoms with Gasteiger partial charge in [0.25, 0.3) is 5.91 Å². The van der Waals surface area contributed by atoms with E-state index in [1.165, 1.54) is 11.1 Å². The van der Waals surface area contributed by atoms with Crippen molar-refractivity contribution in [2.45, 2.75) is 31.3 Å². The zero-order valence-electron chi connectivity index (χ0n) is 14.1. The number of fused-ring (bicyclic) bond motifs is 2. The first-order chi connectivity index (χ1) is 12.6. The maximum Gasteiger partial charge on any atom is 0.254 e. The summed E-state index contributed by atoms with van der Waals surface area (Å²) in [7, 11) is 0. The molecule has 0 saturated carbocycles. The summed E-state index contributed by atoms with van der Waals surface area (Å²) in [6.45, 7) is 0. The minimum absolute atomic E-state index is 0.0293. The normalized spacial score (nSPS) is 19.0. The van der Waals surface area contributed by atoms with Crippen molar-refractivity contribution in [2.75, 3.05) is 5.32 Å². The molecule has 2 aromatic rings. The first-order valence-corrected chi connectivity index (χ1v) is 8.67. The highest BCUT2D eigenvalue weighted by Crippen LogP contribution is 2.22. The number of para-hydroxylation sites is 1. The molecule has 1 heterocycles. The maximum absolute atomic E-state index is 12.4. The third-order valence-electron chi connectivity index (χ3n) is 4.86. The number of anilines is 1. The van der Waals surface area contributed by atoms with Gasteiger partial charge in [-0.25, -0.2) is 0 Å². The Balaban J connectivity index is 1.39. The van der Waals surface area contributed by atoms with Crippen LogP contribution in [0.25, 0.3) is 0 Å². The molecule has 0 aromatic heterocycles. The molecule has 0 fully saturated rings. The lowest BCUT2D eigenvalue weighted by atomic mass is 10.1. The molecule has 3 amide bonds. The summed E-state index contributed by atoms with van der Waals surface area (Å²) in [5.41, 5.74) is 3.35. The molecule has 0 spiro atoms. The number of carbonyl (C=O) groups is 3. The fourth-order valence-electron chi connectivity index (χ4n) is 3.59. The second kappa shape index (κ2) is 6.63. The number of nitrogens with one attached hydrogen (secondary N) is 3. The average molecular weight is 349 g/mol. The monoisotopic (exact) mass is 349 g/mol. The number of hydrogen-bond donors (Lipinski definition) is 3. The van der Waals surface area contributed by atoms with Crippen molar-refractivity contribution in [1.29, 1.82) is 0 Å². The molecule has 3 N–H and O–H groups in total. The highest BCUT2D eigenvalue weighted by Gasteiger charge is 2.30. The van der Waals surface area contributed by atoms with E-state index in [1.807, 2.05) is 12.1 Å². The Kier molecular flexibility index (Phi) is 4.16. The predicted octanol–water partition coefficient (Wildman–Crippen LogP) is 1.41. The van der Waals surface area contributed by atoms with Crippen LogP contribution in [0, 0.1) is 0 Å². The van der Waals surface area contributed by atoms with Crippen LogP contribution < -0.4 is 16.0 Å². The van der Waals surface area contributed by atoms with Crippen LogP contribution in [0.5, 0.6) is 0 Å². The Labute approximate surface area is 151 Å². The lowest BCUT2D eigenvalue weighted by Gasteiger charge is -2.17. The van der Waals surface area contributed by atoms with Gasteiger partial charge >= 0.3 is 0 Å². The van der Waals surface area contributed by atoms with Gasteiger partial charge < -0.3 is 16.0 Å². The van der Waals surface area contributed by atoms with Crippen LogP contribution in [0.2, 0.25) is 0 Å². The summed E-state index contributed by atoms with van der Waals surface area (Å²) in [6, 6.07) is 14.1. The van der Waals surface area contributed by atoms with Gasteiger partial charge in [0.15, 0.2) is 0 Å². The van der Waals surface area contributed by atoms with Crippen molar-refractivity contribution in [3.05, 3.63) is 65.2 Å². The number of amides is 3. The molecule has 6 nitrogen and oxygen atoms in total. The molecule has 2 aliphatic rings. The van der Waals surface area contributed by atoms with E-state index >= 15 is 0 Å². The molecule has 0 unspecified atom stereocenters. The third kappa shape index (κ3) is 3.18. The minimum Gasteiger partial charge on any atom is -0.353 e. The molecule has 4 rings (SSSR count).